The number of halogens is 1. The molecule has 1 fully saturated rings. The molecule has 20 heavy (non-hydrogen) atoms. The topological polar surface area (TPSA) is 52.6 Å². The van der Waals surface area contributed by atoms with E-state index in [-0.39, 0.29) is 12.6 Å². The van der Waals surface area contributed by atoms with E-state index in [2.05, 4.69) is 35.1 Å². The number of aliphatic hydroxyl groups is 1. The van der Waals surface area contributed by atoms with E-state index in [1.54, 1.807) is 4.90 Å². The molecule has 0 aromatic heterocycles. The van der Waals surface area contributed by atoms with Gasteiger partial charge in [0.1, 0.15) is 0 Å². The van der Waals surface area contributed by atoms with E-state index in [9.17, 15) is 4.79 Å². The van der Waals surface area contributed by atoms with Gasteiger partial charge in [-0.3, -0.25) is 0 Å². The minimum Gasteiger partial charge on any atom is -0.395 e. The quantitative estimate of drug-likeness (QED) is 0.860. The maximum atomic E-state index is 12.3. The first-order chi connectivity index (χ1) is 9.52. The second-order valence-corrected chi connectivity index (χ2v) is 6.38. The van der Waals surface area contributed by atoms with Crippen molar-refractivity contribution in [3.8, 4) is 0 Å². The monoisotopic (exact) mass is 340 g/mol. The molecule has 0 bridgehead atoms. The van der Waals surface area contributed by atoms with Gasteiger partial charge in [0, 0.05) is 22.7 Å². The van der Waals surface area contributed by atoms with Crippen LogP contribution < -0.4 is 5.32 Å². The normalized spacial score (nSPS) is 14.4. The molecule has 1 aliphatic rings. The van der Waals surface area contributed by atoms with Crippen molar-refractivity contribution >= 4 is 27.6 Å². The van der Waals surface area contributed by atoms with Crippen LogP contribution in [0.5, 0.6) is 0 Å². The first-order valence-corrected chi connectivity index (χ1v) is 7.80. The number of amides is 2. The SMILES string of the molecule is CC(C)c1cc(Br)ccc1NC(=O)N(CCO)C1CC1. The molecule has 0 aliphatic heterocycles. The highest BCUT2D eigenvalue weighted by atomic mass is 79.9. The van der Waals surface area contributed by atoms with Gasteiger partial charge in [-0.05, 0) is 42.5 Å². The van der Waals surface area contributed by atoms with Crippen LogP contribution in [0.15, 0.2) is 22.7 Å². The minimum absolute atomic E-state index is 0.00129. The number of anilines is 1. The molecule has 1 aliphatic carbocycles. The van der Waals surface area contributed by atoms with Crippen molar-refractivity contribution < 1.29 is 9.90 Å². The van der Waals surface area contributed by atoms with Gasteiger partial charge in [0.2, 0.25) is 0 Å². The number of benzene rings is 1. The first-order valence-electron chi connectivity index (χ1n) is 7.01. The molecule has 1 aromatic rings. The Balaban J connectivity index is 2.14. The average Bonchev–Trinajstić information content (AvgIpc) is 3.22. The summed E-state index contributed by atoms with van der Waals surface area (Å²) in [7, 11) is 0. The van der Waals surface area contributed by atoms with Crippen LogP contribution in [0.3, 0.4) is 0 Å². The third-order valence-corrected chi connectivity index (χ3v) is 3.96. The van der Waals surface area contributed by atoms with Gasteiger partial charge in [-0.1, -0.05) is 29.8 Å². The lowest BCUT2D eigenvalue weighted by Gasteiger charge is -2.23. The maximum absolute atomic E-state index is 12.3. The van der Waals surface area contributed by atoms with Gasteiger partial charge in [0.05, 0.1) is 6.61 Å². The number of carbonyl (C=O) groups excluding carboxylic acids is 1. The summed E-state index contributed by atoms with van der Waals surface area (Å²) in [4.78, 5) is 14.1. The number of rotatable bonds is 5. The zero-order valence-electron chi connectivity index (χ0n) is 11.9. The molecule has 0 unspecified atom stereocenters. The molecule has 0 radical (unpaired) electrons. The number of nitrogens with one attached hydrogen (secondary N) is 1. The van der Waals surface area contributed by atoms with E-state index in [1.807, 2.05) is 18.2 Å². The van der Waals surface area contributed by atoms with Crippen LogP contribution in [-0.2, 0) is 0 Å². The fourth-order valence-electron chi connectivity index (χ4n) is 2.26. The van der Waals surface area contributed by atoms with Gasteiger partial charge >= 0.3 is 6.03 Å². The van der Waals surface area contributed by atoms with Crippen LogP contribution in [0.4, 0.5) is 10.5 Å². The minimum atomic E-state index is -0.120. The zero-order valence-corrected chi connectivity index (χ0v) is 13.5. The second kappa shape index (κ2) is 6.59. The number of hydrogen-bond donors (Lipinski definition) is 2. The molecule has 0 saturated heterocycles. The highest BCUT2D eigenvalue weighted by Crippen LogP contribution is 2.30. The summed E-state index contributed by atoms with van der Waals surface area (Å²) in [6.07, 6.45) is 2.07. The lowest BCUT2D eigenvalue weighted by atomic mass is 10.0. The van der Waals surface area contributed by atoms with E-state index in [1.165, 1.54) is 0 Å². The van der Waals surface area contributed by atoms with Gasteiger partial charge in [-0.15, -0.1) is 0 Å². The Hall–Kier alpha value is -1.07. The smallest absolute Gasteiger partial charge is 0.322 e. The molecule has 110 valence electrons. The van der Waals surface area contributed by atoms with Crippen LogP contribution in [-0.4, -0.2) is 35.2 Å². The number of urea groups is 1. The van der Waals surface area contributed by atoms with Crippen molar-refractivity contribution in [2.45, 2.75) is 38.6 Å². The molecule has 4 nitrogen and oxygen atoms in total. The number of aliphatic hydroxyl groups excluding tert-OH is 1. The van der Waals surface area contributed by atoms with Crippen LogP contribution >= 0.6 is 15.9 Å². The largest absolute Gasteiger partial charge is 0.395 e. The van der Waals surface area contributed by atoms with Gasteiger partial charge in [0.25, 0.3) is 0 Å². The van der Waals surface area contributed by atoms with Gasteiger partial charge < -0.3 is 15.3 Å². The summed E-state index contributed by atoms with van der Waals surface area (Å²) < 4.78 is 1.01. The van der Waals surface area contributed by atoms with Crippen molar-refractivity contribution in [2.24, 2.45) is 0 Å². The molecule has 5 heteroatoms. The Kier molecular flexibility index (Phi) is 5.05. The lowest BCUT2D eigenvalue weighted by molar-refractivity contribution is 0.185. The van der Waals surface area contributed by atoms with E-state index in [0.717, 1.165) is 28.6 Å². The summed E-state index contributed by atoms with van der Waals surface area (Å²) in [5.74, 6) is 0.329. The van der Waals surface area contributed by atoms with E-state index in [0.29, 0.717) is 18.5 Å². The van der Waals surface area contributed by atoms with Gasteiger partial charge in [-0.25, -0.2) is 4.79 Å². The number of carbonyl (C=O) groups is 1. The second-order valence-electron chi connectivity index (χ2n) is 5.46. The van der Waals surface area contributed by atoms with Crippen molar-refractivity contribution in [1.29, 1.82) is 0 Å². The van der Waals surface area contributed by atoms with Crippen molar-refractivity contribution in [1.82, 2.24) is 4.90 Å². The third kappa shape index (κ3) is 3.73. The predicted octanol–water partition coefficient (Wildman–Crippen LogP) is 3.56. The maximum Gasteiger partial charge on any atom is 0.322 e. The summed E-state index contributed by atoms with van der Waals surface area (Å²) in [6.45, 7) is 4.60. The van der Waals surface area contributed by atoms with Crippen LogP contribution in [0.1, 0.15) is 38.2 Å². The fourth-order valence-corrected chi connectivity index (χ4v) is 2.63. The first kappa shape index (κ1) is 15.3. The highest BCUT2D eigenvalue weighted by Gasteiger charge is 2.32. The summed E-state index contributed by atoms with van der Waals surface area (Å²) in [6, 6.07) is 6.05. The van der Waals surface area contributed by atoms with Gasteiger partial charge in [-0.2, -0.15) is 0 Å². The highest BCUT2D eigenvalue weighted by molar-refractivity contribution is 9.10. The standard InChI is InChI=1S/C15H21BrN2O2/c1-10(2)13-9-11(16)3-6-14(13)17-15(20)18(7-8-19)12-4-5-12/h3,6,9-10,12,19H,4-5,7-8H2,1-2H3,(H,17,20). The Labute approximate surface area is 128 Å². The lowest BCUT2D eigenvalue weighted by Crippen LogP contribution is -2.38. The molecular weight excluding hydrogens is 320 g/mol. The van der Waals surface area contributed by atoms with E-state index >= 15 is 0 Å². The Morgan fingerprint density at radius 2 is 2.20 bits per heavy atom. The summed E-state index contributed by atoms with van der Waals surface area (Å²) >= 11 is 3.46. The number of nitrogens with zero attached hydrogens (tertiary/aromatic N) is 1. The molecule has 1 saturated carbocycles. The predicted molar refractivity (Wildman–Crippen MR) is 84.1 cm³/mol. The van der Waals surface area contributed by atoms with E-state index in [4.69, 9.17) is 5.11 Å². The Morgan fingerprint density at radius 3 is 2.75 bits per heavy atom. The molecule has 2 amide bonds. The fraction of sp³-hybridized carbons (Fsp3) is 0.533. The Morgan fingerprint density at radius 1 is 1.50 bits per heavy atom. The Bertz CT molecular complexity index is 487. The van der Waals surface area contributed by atoms with E-state index < -0.39 is 0 Å². The molecule has 0 atom stereocenters. The molecular formula is C15H21BrN2O2. The van der Waals surface area contributed by atoms with Crippen LogP contribution in [0.25, 0.3) is 0 Å². The molecule has 2 rings (SSSR count). The summed E-state index contributed by atoms with van der Waals surface area (Å²) in [5, 5.41) is 12.1. The zero-order chi connectivity index (χ0) is 14.7. The molecule has 1 aromatic carbocycles. The van der Waals surface area contributed by atoms with Crippen LogP contribution in [0, 0.1) is 0 Å². The van der Waals surface area contributed by atoms with Crippen molar-refractivity contribution in [3.05, 3.63) is 28.2 Å². The molecule has 2 N–H and O–H groups in total. The van der Waals surface area contributed by atoms with Gasteiger partial charge in [0.15, 0.2) is 0 Å². The van der Waals surface area contributed by atoms with Crippen LogP contribution in [0.2, 0.25) is 0 Å². The summed E-state index contributed by atoms with van der Waals surface area (Å²) in [5.41, 5.74) is 1.95. The molecule has 0 spiro atoms. The van der Waals surface area contributed by atoms with Crippen molar-refractivity contribution in [2.75, 3.05) is 18.5 Å². The number of hydrogen-bond acceptors (Lipinski definition) is 2. The average molecular weight is 341 g/mol. The van der Waals surface area contributed by atoms with Crippen molar-refractivity contribution in [3.63, 3.8) is 0 Å². The third-order valence-electron chi connectivity index (χ3n) is 3.47. The molecule has 0 heterocycles.